The highest BCUT2D eigenvalue weighted by atomic mass is 28.2. The van der Waals surface area contributed by atoms with Crippen LogP contribution in [0.1, 0.15) is 13.8 Å². The largest absolute Gasteiger partial charge is 0.424 e. The molecule has 0 bridgehead atoms. The van der Waals surface area contributed by atoms with E-state index in [0.29, 0.717) is 9.52 Å². The Kier molecular flexibility index (Phi) is 21.6. The summed E-state index contributed by atoms with van der Waals surface area (Å²) in [4.78, 5) is 0. The highest BCUT2D eigenvalue weighted by Gasteiger charge is 1.84. The van der Waals surface area contributed by atoms with Crippen molar-refractivity contribution in [2.75, 3.05) is 20.3 Å². The summed E-state index contributed by atoms with van der Waals surface area (Å²) < 4.78 is 9.84. The molecule has 0 aliphatic heterocycles. The zero-order valence-electron chi connectivity index (χ0n) is 9.06. The second-order valence-electron chi connectivity index (χ2n) is 2.48. The third kappa shape index (κ3) is 22.4. The summed E-state index contributed by atoms with van der Waals surface area (Å²) in [6.45, 7) is 8.16. The Morgan fingerprint density at radius 1 is 1.08 bits per heavy atom. The van der Waals surface area contributed by atoms with Crippen molar-refractivity contribution in [3.8, 4) is 0 Å². The van der Waals surface area contributed by atoms with Crippen molar-refractivity contribution < 1.29 is 9.16 Å². The van der Waals surface area contributed by atoms with Gasteiger partial charge in [0, 0.05) is 29.8 Å². The summed E-state index contributed by atoms with van der Waals surface area (Å²) in [5.41, 5.74) is 0. The predicted molar refractivity (Wildman–Crippen MR) is 61.7 cm³/mol. The van der Waals surface area contributed by atoms with E-state index in [0.717, 1.165) is 13.2 Å². The van der Waals surface area contributed by atoms with Gasteiger partial charge in [-0.1, -0.05) is 12.6 Å². The van der Waals surface area contributed by atoms with Gasteiger partial charge in [0.15, 0.2) is 9.76 Å². The van der Waals surface area contributed by atoms with Crippen LogP contribution in [0, 0.1) is 0 Å². The molecule has 0 rings (SSSR count). The Labute approximate surface area is 81.8 Å². The molecule has 0 radical (unpaired) electrons. The van der Waals surface area contributed by atoms with E-state index >= 15 is 0 Å². The minimum Gasteiger partial charge on any atom is -0.424 e. The second kappa shape index (κ2) is 17.4. The maximum Gasteiger partial charge on any atom is 0.161 e. The third-order valence-corrected chi connectivity index (χ3v) is 5.08. The lowest BCUT2D eigenvalue weighted by Crippen LogP contribution is -1.97. The number of hydrogen-bond acceptors (Lipinski definition) is 2. The SMILES string of the molecule is CCOC.CCO[SiH2]CC[SiH2]C. The van der Waals surface area contributed by atoms with Crippen LogP contribution in [0.2, 0.25) is 18.6 Å². The smallest absolute Gasteiger partial charge is 0.161 e. The van der Waals surface area contributed by atoms with Crippen molar-refractivity contribution in [1.29, 1.82) is 0 Å². The highest BCUT2D eigenvalue weighted by Crippen LogP contribution is 1.87. The molecule has 76 valence electrons. The Bertz CT molecular complexity index is 55.0. The van der Waals surface area contributed by atoms with E-state index in [9.17, 15) is 0 Å². The van der Waals surface area contributed by atoms with Gasteiger partial charge in [-0.3, -0.25) is 0 Å². The van der Waals surface area contributed by atoms with Crippen LogP contribution < -0.4 is 0 Å². The van der Waals surface area contributed by atoms with Gasteiger partial charge in [-0.05, 0) is 19.9 Å². The summed E-state index contributed by atoms with van der Waals surface area (Å²) in [5.74, 6) is 0. The van der Waals surface area contributed by atoms with E-state index in [1.165, 1.54) is 12.1 Å². The van der Waals surface area contributed by atoms with E-state index in [-0.39, 0.29) is 9.76 Å². The van der Waals surface area contributed by atoms with Gasteiger partial charge in [-0.25, -0.2) is 0 Å². The van der Waals surface area contributed by atoms with Gasteiger partial charge in [0.05, 0.1) is 0 Å². The summed E-state index contributed by atoms with van der Waals surface area (Å²) in [6.07, 6.45) is 0. The molecule has 0 fully saturated rings. The molecule has 0 N–H and O–H groups in total. The van der Waals surface area contributed by atoms with Crippen molar-refractivity contribution in [1.82, 2.24) is 0 Å². The first-order valence-corrected chi connectivity index (χ1v) is 8.89. The van der Waals surface area contributed by atoms with E-state index < -0.39 is 0 Å². The van der Waals surface area contributed by atoms with Crippen LogP contribution >= 0.6 is 0 Å². The second-order valence-corrected chi connectivity index (χ2v) is 5.71. The standard InChI is InChI=1S/C5H16OSi2.C3H8O/c1-3-6-8-5-4-7-2;1-3-4-2/h3-5,7-8H2,1-2H3;3H2,1-2H3. The van der Waals surface area contributed by atoms with Crippen molar-refractivity contribution >= 4 is 19.3 Å². The minimum absolute atomic E-state index is 0.0650. The predicted octanol–water partition coefficient (Wildman–Crippen LogP) is 0.813. The Morgan fingerprint density at radius 2 is 1.67 bits per heavy atom. The molecule has 0 aliphatic carbocycles. The molecule has 0 aliphatic rings. The maximum atomic E-state index is 5.30. The van der Waals surface area contributed by atoms with Gasteiger partial charge >= 0.3 is 0 Å². The fraction of sp³-hybridized carbons (Fsp3) is 1.00. The zero-order valence-corrected chi connectivity index (χ0v) is 11.9. The van der Waals surface area contributed by atoms with E-state index in [4.69, 9.17) is 4.43 Å². The van der Waals surface area contributed by atoms with Crippen molar-refractivity contribution in [3.05, 3.63) is 0 Å². The number of rotatable bonds is 6. The highest BCUT2D eigenvalue weighted by molar-refractivity contribution is 6.37. The normalized spacial score (nSPS) is 11.0. The van der Waals surface area contributed by atoms with Crippen LogP contribution in [0.3, 0.4) is 0 Å². The summed E-state index contributed by atoms with van der Waals surface area (Å²) >= 11 is 0. The molecule has 0 spiro atoms. The average Bonchev–Trinajstić information content (AvgIpc) is 2.13. The first kappa shape index (κ1) is 14.9. The van der Waals surface area contributed by atoms with E-state index in [2.05, 4.69) is 18.2 Å². The molecule has 0 heterocycles. The average molecular weight is 208 g/mol. The topological polar surface area (TPSA) is 18.5 Å². The molecular weight excluding hydrogens is 184 g/mol. The van der Waals surface area contributed by atoms with Crippen LogP contribution in [0.5, 0.6) is 0 Å². The van der Waals surface area contributed by atoms with Crippen molar-refractivity contribution in [2.24, 2.45) is 0 Å². The van der Waals surface area contributed by atoms with Gasteiger partial charge in [0.1, 0.15) is 0 Å². The maximum absolute atomic E-state index is 5.30. The van der Waals surface area contributed by atoms with Crippen LogP contribution in [0.15, 0.2) is 0 Å². The fourth-order valence-electron chi connectivity index (χ4n) is 0.598. The monoisotopic (exact) mass is 208 g/mol. The third-order valence-electron chi connectivity index (χ3n) is 1.39. The molecule has 0 saturated carbocycles. The molecule has 0 aromatic carbocycles. The van der Waals surface area contributed by atoms with Gasteiger partial charge in [0.2, 0.25) is 0 Å². The quantitative estimate of drug-likeness (QED) is 0.475. The molecule has 0 amide bonds. The molecule has 2 nitrogen and oxygen atoms in total. The summed E-state index contributed by atoms with van der Waals surface area (Å²) in [7, 11) is 1.96. The molecular formula is C8H24O2Si2. The van der Waals surface area contributed by atoms with Gasteiger partial charge in [-0.15, -0.1) is 0 Å². The van der Waals surface area contributed by atoms with Crippen LogP contribution in [0.4, 0.5) is 0 Å². The molecule has 0 aromatic rings. The Balaban J connectivity index is 0. The summed E-state index contributed by atoms with van der Waals surface area (Å²) in [5, 5.41) is 0. The minimum atomic E-state index is -0.0650. The lowest BCUT2D eigenvalue weighted by atomic mass is 10.9. The Hall–Kier alpha value is 0.354. The fourth-order valence-corrected chi connectivity index (χ4v) is 3.91. The Morgan fingerprint density at radius 3 is 2.00 bits per heavy atom. The molecule has 0 atom stereocenters. The van der Waals surface area contributed by atoms with Gasteiger partial charge in [0.25, 0.3) is 0 Å². The molecule has 0 saturated heterocycles. The molecule has 12 heavy (non-hydrogen) atoms. The van der Waals surface area contributed by atoms with Gasteiger partial charge < -0.3 is 9.16 Å². The number of ether oxygens (including phenoxy) is 1. The zero-order chi connectivity index (χ0) is 9.66. The number of hydrogen-bond donors (Lipinski definition) is 0. The summed E-state index contributed by atoms with van der Waals surface area (Å²) in [6, 6.07) is 2.93. The first-order valence-electron chi connectivity index (χ1n) is 4.90. The lowest BCUT2D eigenvalue weighted by molar-refractivity contribution is 0.215. The lowest BCUT2D eigenvalue weighted by Gasteiger charge is -1.95. The van der Waals surface area contributed by atoms with Crippen molar-refractivity contribution in [2.45, 2.75) is 32.5 Å². The van der Waals surface area contributed by atoms with E-state index in [1.807, 2.05) is 6.92 Å². The van der Waals surface area contributed by atoms with Crippen molar-refractivity contribution in [3.63, 3.8) is 0 Å². The van der Waals surface area contributed by atoms with Crippen LogP contribution in [-0.2, 0) is 9.16 Å². The molecule has 0 unspecified atom stereocenters. The molecule has 0 aromatic heterocycles. The van der Waals surface area contributed by atoms with Crippen LogP contribution in [0.25, 0.3) is 0 Å². The molecule has 4 heteroatoms. The number of methoxy groups -OCH3 is 1. The van der Waals surface area contributed by atoms with Gasteiger partial charge in [-0.2, -0.15) is 0 Å². The first-order chi connectivity index (χ1) is 5.83. The van der Waals surface area contributed by atoms with Crippen LogP contribution in [-0.4, -0.2) is 39.6 Å². The van der Waals surface area contributed by atoms with E-state index in [1.54, 1.807) is 7.11 Å².